The van der Waals surface area contributed by atoms with Gasteiger partial charge in [0.05, 0.1) is 13.2 Å². The first-order chi connectivity index (χ1) is 9.10. The van der Waals surface area contributed by atoms with Crippen molar-refractivity contribution < 1.29 is 13.9 Å². The molecular weight excluding hydrogens is 310 g/mol. The summed E-state index contributed by atoms with van der Waals surface area (Å²) in [6.45, 7) is 1.96. The Morgan fingerprint density at radius 3 is 2.84 bits per heavy atom. The summed E-state index contributed by atoms with van der Waals surface area (Å²) in [4.78, 5) is 11.3. The number of methoxy groups -OCH3 is 1. The van der Waals surface area contributed by atoms with Gasteiger partial charge in [0.25, 0.3) is 0 Å². The van der Waals surface area contributed by atoms with Crippen LogP contribution in [0.2, 0.25) is 0 Å². The lowest BCUT2D eigenvalue weighted by Gasteiger charge is -2.13. The number of rotatable bonds is 4. The van der Waals surface area contributed by atoms with Crippen molar-refractivity contribution in [2.75, 3.05) is 12.4 Å². The highest BCUT2D eigenvalue weighted by atomic mass is 79.9. The van der Waals surface area contributed by atoms with Crippen molar-refractivity contribution in [2.45, 2.75) is 13.0 Å². The third-order valence-corrected chi connectivity index (χ3v) is 3.14. The van der Waals surface area contributed by atoms with E-state index < -0.39 is 5.97 Å². The molecule has 0 aliphatic heterocycles. The van der Waals surface area contributed by atoms with Crippen LogP contribution < -0.4 is 5.32 Å². The molecule has 19 heavy (non-hydrogen) atoms. The molecule has 1 atom stereocenters. The predicted molar refractivity (Wildman–Crippen MR) is 76.2 cm³/mol. The number of anilines is 1. The van der Waals surface area contributed by atoms with Crippen LogP contribution in [0.3, 0.4) is 0 Å². The zero-order chi connectivity index (χ0) is 13.8. The summed E-state index contributed by atoms with van der Waals surface area (Å²) < 4.78 is 11.1. The van der Waals surface area contributed by atoms with Crippen LogP contribution in [-0.2, 0) is 4.74 Å². The van der Waals surface area contributed by atoms with E-state index in [2.05, 4.69) is 26.0 Å². The standard InChI is InChI=1S/C14H14BrNO3/c1-9(16-11-5-3-4-10(15)8-11)12-6-7-13(19-12)14(17)18-2/h3-9,16H,1-2H3. The summed E-state index contributed by atoms with van der Waals surface area (Å²) in [5.74, 6) is 0.418. The number of hydrogen-bond donors (Lipinski definition) is 1. The van der Waals surface area contributed by atoms with E-state index in [0.29, 0.717) is 5.76 Å². The van der Waals surface area contributed by atoms with E-state index in [1.54, 1.807) is 12.1 Å². The monoisotopic (exact) mass is 323 g/mol. The number of benzene rings is 1. The zero-order valence-corrected chi connectivity index (χ0v) is 12.2. The number of hydrogen-bond acceptors (Lipinski definition) is 4. The lowest BCUT2D eigenvalue weighted by molar-refractivity contribution is 0.0562. The predicted octanol–water partition coefficient (Wildman–Crippen LogP) is 4.00. The fourth-order valence-corrected chi connectivity index (χ4v) is 2.09. The van der Waals surface area contributed by atoms with E-state index >= 15 is 0 Å². The zero-order valence-electron chi connectivity index (χ0n) is 10.6. The molecule has 1 unspecified atom stereocenters. The molecule has 0 fully saturated rings. The number of nitrogens with one attached hydrogen (secondary N) is 1. The molecule has 0 saturated heterocycles. The maximum Gasteiger partial charge on any atom is 0.373 e. The van der Waals surface area contributed by atoms with E-state index in [4.69, 9.17) is 4.42 Å². The first-order valence-electron chi connectivity index (χ1n) is 5.80. The van der Waals surface area contributed by atoms with Crippen molar-refractivity contribution in [3.8, 4) is 0 Å². The molecule has 0 amide bonds. The van der Waals surface area contributed by atoms with Crippen LogP contribution in [0.25, 0.3) is 0 Å². The Balaban J connectivity index is 2.09. The average molecular weight is 324 g/mol. The molecule has 0 radical (unpaired) electrons. The van der Waals surface area contributed by atoms with E-state index in [-0.39, 0.29) is 11.8 Å². The fraction of sp³-hybridized carbons (Fsp3) is 0.214. The second kappa shape index (κ2) is 5.93. The molecule has 2 aromatic rings. The van der Waals surface area contributed by atoms with Crippen LogP contribution in [0.15, 0.2) is 45.3 Å². The summed E-state index contributed by atoms with van der Waals surface area (Å²) in [6.07, 6.45) is 0. The van der Waals surface area contributed by atoms with Crippen molar-refractivity contribution >= 4 is 27.6 Å². The Hall–Kier alpha value is -1.75. The minimum absolute atomic E-state index is 0.0484. The lowest BCUT2D eigenvalue weighted by Crippen LogP contribution is -2.05. The van der Waals surface area contributed by atoms with E-state index in [0.717, 1.165) is 10.2 Å². The Kier molecular flexibility index (Phi) is 4.27. The van der Waals surface area contributed by atoms with Crippen LogP contribution in [0.1, 0.15) is 29.3 Å². The molecule has 1 aromatic carbocycles. The van der Waals surface area contributed by atoms with E-state index in [1.165, 1.54) is 7.11 Å². The van der Waals surface area contributed by atoms with Gasteiger partial charge in [0.1, 0.15) is 5.76 Å². The lowest BCUT2D eigenvalue weighted by atomic mass is 10.2. The smallest absolute Gasteiger partial charge is 0.373 e. The Labute approximate surface area is 119 Å². The SMILES string of the molecule is COC(=O)c1ccc(C(C)Nc2cccc(Br)c2)o1. The number of halogens is 1. The van der Waals surface area contributed by atoms with Crippen LogP contribution in [0.4, 0.5) is 5.69 Å². The summed E-state index contributed by atoms with van der Waals surface area (Å²) in [5, 5.41) is 3.29. The van der Waals surface area contributed by atoms with Crippen LogP contribution in [0, 0.1) is 0 Å². The molecule has 2 rings (SSSR count). The molecule has 100 valence electrons. The molecular formula is C14H14BrNO3. The second-order valence-corrected chi connectivity index (χ2v) is 4.99. The Bertz CT molecular complexity index is 580. The van der Waals surface area contributed by atoms with Gasteiger partial charge in [-0.15, -0.1) is 0 Å². The van der Waals surface area contributed by atoms with Gasteiger partial charge in [-0.3, -0.25) is 0 Å². The molecule has 0 bridgehead atoms. The van der Waals surface area contributed by atoms with Gasteiger partial charge in [-0.25, -0.2) is 4.79 Å². The van der Waals surface area contributed by atoms with Gasteiger partial charge in [0, 0.05) is 10.2 Å². The molecule has 0 saturated carbocycles. The van der Waals surface area contributed by atoms with Gasteiger partial charge in [-0.2, -0.15) is 0 Å². The van der Waals surface area contributed by atoms with Crippen molar-refractivity contribution in [3.05, 3.63) is 52.4 Å². The fourth-order valence-electron chi connectivity index (χ4n) is 1.70. The third-order valence-electron chi connectivity index (χ3n) is 2.65. The van der Waals surface area contributed by atoms with Crippen molar-refractivity contribution in [2.24, 2.45) is 0 Å². The molecule has 1 heterocycles. The largest absolute Gasteiger partial charge is 0.463 e. The highest BCUT2D eigenvalue weighted by molar-refractivity contribution is 9.10. The molecule has 4 nitrogen and oxygen atoms in total. The van der Waals surface area contributed by atoms with Crippen molar-refractivity contribution in [1.29, 1.82) is 0 Å². The quantitative estimate of drug-likeness (QED) is 0.864. The van der Waals surface area contributed by atoms with Gasteiger partial charge < -0.3 is 14.5 Å². The maximum atomic E-state index is 11.3. The first kappa shape index (κ1) is 13.7. The molecule has 0 aliphatic rings. The second-order valence-electron chi connectivity index (χ2n) is 4.07. The van der Waals surface area contributed by atoms with Crippen LogP contribution >= 0.6 is 15.9 Å². The number of carbonyl (C=O) groups excluding carboxylic acids is 1. The molecule has 1 aromatic heterocycles. The van der Waals surface area contributed by atoms with E-state index in [1.807, 2.05) is 31.2 Å². The summed E-state index contributed by atoms with van der Waals surface area (Å²) in [6, 6.07) is 11.2. The third kappa shape index (κ3) is 3.38. The highest BCUT2D eigenvalue weighted by Crippen LogP contribution is 2.23. The van der Waals surface area contributed by atoms with Crippen molar-refractivity contribution in [1.82, 2.24) is 0 Å². The highest BCUT2D eigenvalue weighted by Gasteiger charge is 2.15. The average Bonchev–Trinajstić information content (AvgIpc) is 2.87. The molecule has 5 heteroatoms. The van der Waals surface area contributed by atoms with Gasteiger partial charge >= 0.3 is 5.97 Å². The molecule has 0 spiro atoms. The molecule has 0 aliphatic carbocycles. The van der Waals surface area contributed by atoms with E-state index in [9.17, 15) is 4.79 Å². The van der Waals surface area contributed by atoms with Gasteiger partial charge in [-0.05, 0) is 37.3 Å². The first-order valence-corrected chi connectivity index (χ1v) is 6.59. The topological polar surface area (TPSA) is 51.5 Å². The number of ether oxygens (including phenoxy) is 1. The van der Waals surface area contributed by atoms with Crippen LogP contribution in [0.5, 0.6) is 0 Å². The minimum Gasteiger partial charge on any atom is -0.463 e. The molecule has 1 N–H and O–H groups in total. The van der Waals surface area contributed by atoms with Crippen LogP contribution in [-0.4, -0.2) is 13.1 Å². The number of carbonyl (C=O) groups is 1. The maximum absolute atomic E-state index is 11.3. The number of furan rings is 1. The minimum atomic E-state index is -0.471. The summed E-state index contributed by atoms with van der Waals surface area (Å²) in [5.41, 5.74) is 0.970. The van der Waals surface area contributed by atoms with Gasteiger partial charge in [0.2, 0.25) is 5.76 Å². The van der Waals surface area contributed by atoms with Crippen molar-refractivity contribution in [3.63, 3.8) is 0 Å². The van der Waals surface area contributed by atoms with Gasteiger partial charge in [-0.1, -0.05) is 22.0 Å². The summed E-state index contributed by atoms with van der Waals surface area (Å²) >= 11 is 3.42. The normalized spacial score (nSPS) is 11.9. The Morgan fingerprint density at radius 1 is 1.37 bits per heavy atom. The number of esters is 1. The van der Waals surface area contributed by atoms with Gasteiger partial charge in [0.15, 0.2) is 0 Å². The Morgan fingerprint density at radius 2 is 2.16 bits per heavy atom. The summed E-state index contributed by atoms with van der Waals surface area (Å²) in [7, 11) is 1.33.